The number of rotatable bonds is 5. The summed E-state index contributed by atoms with van der Waals surface area (Å²) < 4.78 is 7.71. The highest BCUT2D eigenvalue weighted by Gasteiger charge is 2.18. The van der Waals surface area contributed by atoms with Crippen LogP contribution in [0.5, 0.6) is 0 Å². The van der Waals surface area contributed by atoms with Gasteiger partial charge in [0.05, 0.1) is 20.3 Å². The van der Waals surface area contributed by atoms with Gasteiger partial charge in [-0.05, 0) is 54.6 Å². The zero-order valence-corrected chi connectivity index (χ0v) is 22.9. The lowest BCUT2D eigenvalue weighted by atomic mass is 10.2. The number of furan rings is 1. The summed E-state index contributed by atoms with van der Waals surface area (Å²) in [6.07, 6.45) is 1.56. The first-order valence-electron chi connectivity index (χ1n) is 11.4. The first-order chi connectivity index (χ1) is 18.9. The molecule has 0 atom stereocenters. The second-order valence-corrected chi connectivity index (χ2v) is 10.4. The van der Waals surface area contributed by atoms with Crippen LogP contribution in [0.2, 0.25) is 15.1 Å². The zero-order chi connectivity index (χ0) is 27.5. The van der Waals surface area contributed by atoms with E-state index in [-0.39, 0.29) is 14.8 Å². The highest BCUT2D eigenvalue weighted by Crippen LogP contribution is 2.34. The SMILES string of the molecule is N#CC(C(=O)Nc1cccc(Cl)c1)=c1sc(=Cc2ccc(-c3cccc(Cl)c3Cl)o2)c(=O)n1-c1ccccc1. The van der Waals surface area contributed by atoms with Gasteiger partial charge < -0.3 is 9.73 Å². The monoisotopic (exact) mass is 591 g/mol. The smallest absolute Gasteiger partial charge is 0.273 e. The number of carbonyl (C=O) groups is 1. The number of aromatic nitrogens is 1. The molecule has 2 heterocycles. The number of nitriles is 1. The van der Waals surface area contributed by atoms with Crippen molar-refractivity contribution in [2.45, 2.75) is 0 Å². The number of hydrogen-bond donors (Lipinski definition) is 1. The standard InChI is InChI=1S/C29H16Cl3N3O3S/c30-17-6-4-7-18(14-17)34-27(36)22(16-33)29-35(19-8-2-1-3-9-19)28(37)25(39-29)15-20-12-13-24(38-20)21-10-5-11-23(31)26(21)32/h1-15H,(H,34,36). The molecule has 5 rings (SSSR count). The highest BCUT2D eigenvalue weighted by atomic mass is 35.5. The van der Waals surface area contributed by atoms with Gasteiger partial charge in [0.25, 0.3) is 11.5 Å². The molecule has 6 nitrogen and oxygen atoms in total. The predicted octanol–water partition coefficient (Wildman–Crippen LogP) is 6.26. The summed E-state index contributed by atoms with van der Waals surface area (Å²) in [4.78, 5) is 26.8. The summed E-state index contributed by atoms with van der Waals surface area (Å²) in [6, 6.07) is 25.9. The number of benzene rings is 3. The van der Waals surface area contributed by atoms with Crippen molar-refractivity contribution in [2.24, 2.45) is 0 Å². The topological polar surface area (TPSA) is 88.0 Å². The summed E-state index contributed by atoms with van der Waals surface area (Å²) in [7, 11) is 0. The first-order valence-corrected chi connectivity index (χ1v) is 13.4. The number of nitrogens with zero attached hydrogens (tertiary/aromatic N) is 2. The van der Waals surface area contributed by atoms with Crippen LogP contribution < -0.4 is 20.1 Å². The molecular weight excluding hydrogens is 577 g/mol. The number of carbonyl (C=O) groups excluding carboxylic acids is 1. The fourth-order valence-electron chi connectivity index (χ4n) is 3.82. The molecular formula is C29H16Cl3N3O3S. The normalized spacial score (nSPS) is 12.2. The van der Waals surface area contributed by atoms with Crippen LogP contribution in [0.25, 0.3) is 28.7 Å². The molecule has 192 valence electrons. The van der Waals surface area contributed by atoms with Gasteiger partial charge in [-0.3, -0.25) is 14.2 Å². The molecule has 0 saturated heterocycles. The fourth-order valence-corrected chi connectivity index (χ4v) is 5.48. The van der Waals surface area contributed by atoms with Crippen molar-refractivity contribution < 1.29 is 9.21 Å². The zero-order valence-electron chi connectivity index (χ0n) is 19.8. The number of thiazole rings is 1. The van der Waals surface area contributed by atoms with Gasteiger partial charge in [0.15, 0.2) is 5.57 Å². The Hall–Kier alpha value is -4.06. The average molecular weight is 593 g/mol. The summed E-state index contributed by atoms with van der Waals surface area (Å²) in [5.74, 6) is 0.181. The molecule has 0 spiro atoms. The van der Waals surface area contributed by atoms with Crippen molar-refractivity contribution in [1.29, 1.82) is 5.26 Å². The van der Waals surface area contributed by atoms with Gasteiger partial charge in [-0.2, -0.15) is 5.26 Å². The van der Waals surface area contributed by atoms with E-state index in [2.05, 4.69) is 5.32 Å². The predicted molar refractivity (Wildman–Crippen MR) is 156 cm³/mol. The largest absolute Gasteiger partial charge is 0.457 e. The number of anilines is 1. The third-order valence-electron chi connectivity index (χ3n) is 5.59. The lowest BCUT2D eigenvalue weighted by molar-refractivity contribution is -0.111. The van der Waals surface area contributed by atoms with Crippen molar-refractivity contribution in [1.82, 2.24) is 4.57 Å². The van der Waals surface area contributed by atoms with Gasteiger partial charge in [-0.1, -0.05) is 65.1 Å². The summed E-state index contributed by atoms with van der Waals surface area (Å²) in [5.41, 5.74) is 0.882. The number of amides is 1. The maximum Gasteiger partial charge on any atom is 0.273 e. The van der Waals surface area contributed by atoms with Crippen LogP contribution in [0.1, 0.15) is 5.76 Å². The molecule has 0 aliphatic carbocycles. The molecule has 3 aromatic carbocycles. The molecule has 0 aliphatic heterocycles. The fraction of sp³-hybridized carbons (Fsp3) is 0. The Morgan fingerprint density at radius 3 is 2.49 bits per heavy atom. The third-order valence-corrected chi connectivity index (χ3v) is 7.74. The van der Waals surface area contributed by atoms with Gasteiger partial charge in [0.2, 0.25) is 0 Å². The number of halogens is 3. The van der Waals surface area contributed by atoms with E-state index >= 15 is 0 Å². The van der Waals surface area contributed by atoms with Gasteiger partial charge >= 0.3 is 0 Å². The molecule has 10 heteroatoms. The molecule has 0 unspecified atom stereocenters. The third kappa shape index (κ3) is 5.56. The van der Waals surface area contributed by atoms with Crippen LogP contribution in [-0.4, -0.2) is 10.5 Å². The summed E-state index contributed by atoms with van der Waals surface area (Å²) >= 11 is 19.5. The van der Waals surface area contributed by atoms with Gasteiger partial charge in [0, 0.05) is 22.3 Å². The first kappa shape index (κ1) is 26.5. The minimum Gasteiger partial charge on any atom is -0.457 e. The highest BCUT2D eigenvalue weighted by molar-refractivity contribution is 7.07. The van der Waals surface area contributed by atoms with Crippen LogP contribution >= 0.6 is 46.1 Å². The van der Waals surface area contributed by atoms with Gasteiger partial charge in [-0.15, -0.1) is 11.3 Å². The van der Waals surface area contributed by atoms with Crippen molar-refractivity contribution in [2.75, 3.05) is 5.32 Å². The number of hydrogen-bond acceptors (Lipinski definition) is 5. The van der Waals surface area contributed by atoms with Crippen molar-refractivity contribution in [3.63, 3.8) is 0 Å². The second-order valence-electron chi connectivity index (χ2n) is 8.15. The Balaban J connectivity index is 1.66. The van der Waals surface area contributed by atoms with Gasteiger partial charge in [-0.25, -0.2) is 0 Å². The van der Waals surface area contributed by atoms with Crippen molar-refractivity contribution in [3.8, 4) is 23.1 Å². The minimum absolute atomic E-state index is 0.171. The van der Waals surface area contributed by atoms with Gasteiger partial charge in [0.1, 0.15) is 22.3 Å². The number of nitrogens with one attached hydrogen (secondary N) is 1. The molecule has 1 N–H and O–H groups in total. The maximum absolute atomic E-state index is 13.6. The van der Waals surface area contributed by atoms with E-state index in [1.807, 2.05) is 6.07 Å². The Morgan fingerprint density at radius 2 is 1.74 bits per heavy atom. The van der Waals surface area contributed by atoms with Crippen LogP contribution in [0, 0.1) is 11.3 Å². The molecule has 0 aliphatic rings. The van der Waals surface area contributed by atoms with E-state index in [4.69, 9.17) is 39.2 Å². The molecule has 0 radical (unpaired) electrons. The van der Waals surface area contributed by atoms with E-state index in [0.717, 1.165) is 11.3 Å². The minimum atomic E-state index is -0.673. The molecule has 0 saturated carbocycles. The van der Waals surface area contributed by atoms with Crippen LogP contribution in [0.4, 0.5) is 5.69 Å². The molecule has 0 fully saturated rings. The quantitative estimate of drug-likeness (QED) is 0.261. The lowest BCUT2D eigenvalue weighted by Gasteiger charge is -2.06. The molecule has 2 aromatic heterocycles. The van der Waals surface area contributed by atoms with E-state index in [9.17, 15) is 14.9 Å². The van der Waals surface area contributed by atoms with E-state index in [1.165, 1.54) is 4.57 Å². The molecule has 1 amide bonds. The van der Waals surface area contributed by atoms with Crippen molar-refractivity contribution >= 4 is 69.4 Å². The summed E-state index contributed by atoms with van der Waals surface area (Å²) in [6.45, 7) is 0. The Bertz CT molecular complexity index is 1940. The van der Waals surface area contributed by atoms with E-state index in [0.29, 0.717) is 43.5 Å². The average Bonchev–Trinajstić information content (AvgIpc) is 3.51. The molecule has 5 aromatic rings. The Morgan fingerprint density at radius 1 is 0.974 bits per heavy atom. The second kappa shape index (κ2) is 11.4. The van der Waals surface area contributed by atoms with E-state index < -0.39 is 11.5 Å². The molecule has 39 heavy (non-hydrogen) atoms. The lowest BCUT2D eigenvalue weighted by Crippen LogP contribution is -2.32. The Labute approximate surface area is 241 Å². The van der Waals surface area contributed by atoms with Crippen LogP contribution in [0.15, 0.2) is 94.1 Å². The summed E-state index contributed by atoms with van der Waals surface area (Å²) in [5, 5.41) is 13.8. The van der Waals surface area contributed by atoms with Crippen LogP contribution in [0.3, 0.4) is 0 Å². The van der Waals surface area contributed by atoms with E-state index in [1.54, 1.807) is 91.0 Å². The Kier molecular flexibility index (Phi) is 7.73. The van der Waals surface area contributed by atoms with Crippen molar-refractivity contribution in [3.05, 3.63) is 125 Å². The van der Waals surface area contributed by atoms with Crippen LogP contribution in [-0.2, 0) is 4.79 Å². The maximum atomic E-state index is 13.6. The molecule has 0 bridgehead atoms. The number of para-hydroxylation sites is 1.